The summed E-state index contributed by atoms with van der Waals surface area (Å²) in [5.41, 5.74) is 0.351. The number of halogens is 3. The number of rotatable bonds is 6. The van der Waals surface area contributed by atoms with Crippen LogP contribution in [0.3, 0.4) is 0 Å². The molecule has 0 atom stereocenters. The zero-order valence-electron chi connectivity index (χ0n) is 17.2. The van der Waals surface area contributed by atoms with Gasteiger partial charge in [0.15, 0.2) is 11.5 Å². The molecular weight excluding hydrogens is 415 g/mol. The molecule has 0 bridgehead atoms. The molecule has 1 heterocycles. The van der Waals surface area contributed by atoms with Gasteiger partial charge in [0.1, 0.15) is 0 Å². The molecular formula is C21H20F3N3O4. The predicted molar refractivity (Wildman–Crippen MR) is 107 cm³/mol. The van der Waals surface area contributed by atoms with Gasteiger partial charge in [-0.3, -0.25) is 4.79 Å². The maximum atomic E-state index is 13.0. The van der Waals surface area contributed by atoms with Crippen molar-refractivity contribution in [2.45, 2.75) is 13.1 Å². The SMILES string of the molecule is COc1cc(NC(=O)c2cnn(-c3cccc(C(F)(F)F)c3)c2C)cc(OC)c1OC. The normalized spacial score (nSPS) is 11.2. The molecule has 0 saturated heterocycles. The van der Waals surface area contributed by atoms with Gasteiger partial charge in [-0.05, 0) is 25.1 Å². The molecule has 1 N–H and O–H groups in total. The number of aromatic nitrogens is 2. The average Bonchev–Trinajstić information content (AvgIpc) is 3.13. The Hall–Kier alpha value is -3.69. The fourth-order valence-corrected chi connectivity index (χ4v) is 3.06. The van der Waals surface area contributed by atoms with E-state index in [4.69, 9.17) is 14.2 Å². The molecule has 31 heavy (non-hydrogen) atoms. The Kier molecular flexibility index (Phi) is 6.09. The number of benzene rings is 2. The summed E-state index contributed by atoms with van der Waals surface area (Å²) in [6, 6.07) is 7.84. The number of carbonyl (C=O) groups is 1. The molecule has 3 rings (SSSR count). The number of alkyl halides is 3. The number of amides is 1. The molecule has 0 aliphatic rings. The summed E-state index contributed by atoms with van der Waals surface area (Å²) in [6.45, 7) is 1.59. The van der Waals surface area contributed by atoms with E-state index in [1.54, 1.807) is 19.1 Å². The molecule has 7 nitrogen and oxygen atoms in total. The zero-order valence-corrected chi connectivity index (χ0v) is 17.2. The highest BCUT2D eigenvalue weighted by Gasteiger charge is 2.30. The summed E-state index contributed by atoms with van der Waals surface area (Å²) in [4.78, 5) is 12.8. The topological polar surface area (TPSA) is 74.6 Å². The van der Waals surface area contributed by atoms with Gasteiger partial charge in [0.2, 0.25) is 5.75 Å². The third kappa shape index (κ3) is 4.42. The fourth-order valence-electron chi connectivity index (χ4n) is 3.06. The first-order valence-corrected chi connectivity index (χ1v) is 9.03. The van der Waals surface area contributed by atoms with Crippen LogP contribution < -0.4 is 19.5 Å². The molecule has 3 aromatic rings. The van der Waals surface area contributed by atoms with Gasteiger partial charge in [-0.1, -0.05) is 6.07 Å². The number of nitrogens with one attached hydrogen (secondary N) is 1. The van der Waals surface area contributed by atoms with Crippen molar-refractivity contribution in [3.05, 3.63) is 59.4 Å². The quantitative estimate of drug-likeness (QED) is 0.618. The second kappa shape index (κ2) is 8.58. The molecule has 0 aliphatic heterocycles. The Bertz CT molecular complexity index is 1080. The molecule has 2 aromatic carbocycles. The fraction of sp³-hybridized carbons (Fsp3) is 0.238. The predicted octanol–water partition coefficient (Wildman–Crippen LogP) is 4.48. The molecule has 0 aliphatic carbocycles. The van der Waals surface area contributed by atoms with Crippen LogP contribution in [0.5, 0.6) is 17.2 Å². The monoisotopic (exact) mass is 435 g/mol. The van der Waals surface area contributed by atoms with Crippen molar-refractivity contribution in [1.29, 1.82) is 0 Å². The van der Waals surface area contributed by atoms with Crippen LogP contribution in [0.25, 0.3) is 5.69 Å². The van der Waals surface area contributed by atoms with Crippen LogP contribution in [-0.2, 0) is 6.18 Å². The third-order valence-corrected chi connectivity index (χ3v) is 4.60. The van der Waals surface area contributed by atoms with Crippen LogP contribution in [0.2, 0.25) is 0 Å². The van der Waals surface area contributed by atoms with Crippen molar-refractivity contribution in [2.24, 2.45) is 0 Å². The van der Waals surface area contributed by atoms with E-state index in [1.165, 1.54) is 44.3 Å². The maximum absolute atomic E-state index is 13.0. The lowest BCUT2D eigenvalue weighted by molar-refractivity contribution is -0.137. The van der Waals surface area contributed by atoms with Crippen LogP contribution in [0.1, 0.15) is 21.6 Å². The first-order valence-electron chi connectivity index (χ1n) is 9.03. The highest BCUT2D eigenvalue weighted by Crippen LogP contribution is 2.40. The summed E-state index contributed by atoms with van der Waals surface area (Å²) in [5, 5.41) is 6.80. The molecule has 1 aromatic heterocycles. The van der Waals surface area contributed by atoms with E-state index in [-0.39, 0.29) is 11.3 Å². The Morgan fingerprint density at radius 2 is 1.68 bits per heavy atom. The lowest BCUT2D eigenvalue weighted by Gasteiger charge is -2.14. The van der Waals surface area contributed by atoms with Crippen molar-refractivity contribution in [1.82, 2.24) is 9.78 Å². The largest absolute Gasteiger partial charge is 0.493 e. The number of carbonyl (C=O) groups excluding carboxylic acids is 1. The van der Waals surface area contributed by atoms with Crippen molar-refractivity contribution >= 4 is 11.6 Å². The summed E-state index contributed by atoms with van der Waals surface area (Å²) < 4.78 is 56.1. The molecule has 0 saturated carbocycles. The Balaban J connectivity index is 1.91. The first kappa shape index (κ1) is 22.0. The molecule has 0 fully saturated rings. The highest BCUT2D eigenvalue weighted by molar-refractivity contribution is 6.05. The summed E-state index contributed by atoms with van der Waals surface area (Å²) in [7, 11) is 4.36. The molecule has 0 spiro atoms. The van der Waals surface area contributed by atoms with E-state index < -0.39 is 17.6 Å². The molecule has 10 heteroatoms. The van der Waals surface area contributed by atoms with Gasteiger partial charge in [0.05, 0.1) is 50.0 Å². The van der Waals surface area contributed by atoms with Crippen LogP contribution in [0.4, 0.5) is 18.9 Å². The van der Waals surface area contributed by atoms with Gasteiger partial charge >= 0.3 is 6.18 Å². The van der Waals surface area contributed by atoms with E-state index in [9.17, 15) is 18.0 Å². The number of hydrogen-bond acceptors (Lipinski definition) is 5. The maximum Gasteiger partial charge on any atom is 0.416 e. The first-order chi connectivity index (χ1) is 14.7. The standard InChI is InChI=1S/C21H20F3N3O4/c1-12-16(11-25-27(12)15-7-5-6-13(8-15)21(22,23)24)20(28)26-14-9-17(29-2)19(31-4)18(10-14)30-3/h5-11H,1-4H3,(H,26,28). The van der Waals surface area contributed by atoms with Crippen LogP contribution in [0, 0.1) is 6.92 Å². The summed E-state index contributed by atoms with van der Waals surface area (Å²) in [5.74, 6) is 0.587. The Morgan fingerprint density at radius 1 is 1.03 bits per heavy atom. The van der Waals surface area contributed by atoms with Crippen LogP contribution in [-0.4, -0.2) is 37.0 Å². The zero-order chi connectivity index (χ0) is 22.8. The number of ether oxygens (including phenoxy) is 3. The van der Waals surface area contributed by atoms with Gasteiger partial charge in [-0.15, -0.1) is 0 Å². The number of anilines is 1. The average molecular weight is 435 g/mol. The van der Waals surface area contributed by atoms with Crippen LogP contribution in [0.15, 0.2) is 42.6 Å². The minimum Gasteiger partial charge on any atom is -0.493 e. The van der Waals surface area contributed by atoms with Gasteiger partial charge in [0, 0.05) is 17.8 Å². The molecule has 164 valence electrons. The lowest BCUT2D eigenvalue weighted by Crippen LogP contribution is -2.13. The number of hydrogen-bond donors (Lipinski definition) is 1. The Labute approximate surface area is 176 Å². The second-order valence-corrected chi connectivity index (χ2v) is 6.47. The third-order valence-electron chi connectivity index (χ3n) is 4.60. The highest BCUT2D eigenvalue weighted by atomic mass is 19.4. The van der Waals surface area contributed by atoms with Gasteiger partial charge in [-0.25, -0.2) is 4.68 Å². The minimum absolute atomic E-state index is 0.194. The van der Waals surface area contributed by atoms with Crippen LogP contribution >= 0.6 is 0 Å². The summed E-state index contributed by atoms with van der Waals surface area (Å²) in [6.07, 6.45) is -3.19. The van der Waals surface area contributed by atoms with E-state index in [0.29, 0.717) is 28.6 Å². The van der Waals surface area contributed by atoms with Gasteiger partial charge in [-0.2, -0.15) is 18.3 Å². The van der Waals surface area contributed by atoms with E-state index >= 15 is 0 Å². The van der Waals surface area contributed by atoms with Crippen molar-refractivity contribution in [3.63, 3.8) is 0 Å². The van der Waals surface area contributed by atoms with E-state index in [2.05, 4.69) is 10.4 Å². The second-order valence-electron chi connectivity index (χ2n) is 6.47. The molecule has 1 amide bonds. The lowest BCUT2D eigenvalue weighted by atomic mass is 10.2. The smallest absolute Gasteiger partial charge is 0.416 e. The van der Waals surface area contributed by atoms with Gasteiger partial charge < -0.3 is 19.5 Å². The molecule has 0 radical (unpaired) electrons. The minimum atomic E-state index is -4.48. The summed E-state index contributed by atoms with van der Waals surface area (Å²) >= 11 is 0. The van der Waals surface area contributed by atoms with Crippen molar-refractivity contribution in [3.8, 4) is 22.9 Å². The van der Waals surface area contributed by atoms with Gasteiger partial charge in [0.25, 0.3) is 5.91 Å². The van der Waals surface area contributed by atoms with Crippen molar-refractivity contribution in [2.75, 3.05) is 26.6 Å². The Morgan fingerprint density at radius 3 is 2.23 bits per heavy atom. The van der Waals surface area contributed by atoms with E-state index in [1.807, 2.05) is 0 Å². The van der Waals surface area contributed by atoms with E-state index in [0.717, 1.165) is 12.1 Å². The molecule has 0 unspecified atom stereocenters. The number of nitrogens with zero attached hydrogens (tertiary/aromatic N) is 2. The number of methoxy groups -OCH3 is 3. The van der Waals surface area contributed by atoms with Crippen molar-refractivity contribution < 1.29 is 32.2 Å².